The first-order valence-electron chi connectivity index (χ1n) is 4.63. The van der Waals surface area contributed by atoms with Crippen LogP contribution in [0.5, 0.6) is 0 Å². The highest BCUT2D eigenvalue weighted by Gasteiger charge is 2.29. The molecule has 0 aromatic rings. The number of alkyl halides is 3. The predicted octanol–water partition coefficient (Wildman–Crippen LogP) is 2.61. The minimum Gasteiger partial charge on any atom is -0.314 e. The van der Waals surface area contributed by atoms with E-state index in [1.807, 2.05) is 6.07 Å². The number of unbranched alkanes of at least 4 members (excludes halogenated alkanes) is 2. The lowest BCUT2D eigenvalue weighted by atomic mass is 10.2. The highest BCUT2D eigenvalue weighted by Crippen LogP contribution is 2.21. The molecule has 0 fully saturated rings. The average Bonchev–Trinajstić information content (AvgIpc) is 2.00. The minimum atomic E-state index is -4.10. The zero-order valence-electron chi connectivity index (χ0n) is 8.19. The number of nitrogens with one attached hydrogen (secondary N) is 1. The van der Waals surface area contributed by atoms with Crippen LogP contribution in [0.4, 0.5) is 13.2 Å². The molecule has 0 amide bonds. The van der Waals surface area contributed by atoms with E-state index in [9.17, 15) is 13.2 Å². The van der Waals surface area contributed by atoms with E-state index in [1.165, 1.54) is 6.92 Å². The Morgan fingerprint density at radius 3 is 2.50 bits per heavy atom. The van der Waals surface area contributed by atoms with Gasteiger partial charge in [-0.05, 0) is 26.3 Å². The molecule has 0 rings (SSSR count). The molecule has 0 heterocycles. The summed E-state index contributed by atoms with van der Waals surface area (Å²) in [6, 6.07) is 1.44. The quantitative estimate of drug-likeness (QED) is 0.681. The molecule has 14 heavy (non-hydrogen) atoms. The zero-order chi connectivity index (χ0) is 11.0. The molecule has 0 aromatic heterocycles. The Morgan fingerprint density at radius 2 is 2.00 bits per heavy atom. The standard InChI is InChI=1S/C9H15F3N2/c1-8(7-9(10,11)12)14-6-4-2-3-5-13/h8,14H,2-4,6-7H2,1H3. The van der Waals surface area contributed by atoms with Gasteiger partial charge in [0.1, 0.15) is 0 Å². The van der Waals surface area contributed by atoms with Gasteiger partial charge in [-0.1, -0.05) is 0 Å². The molecule has 0 saturated carbocycles. The van der Waals surface area contributed by atoms with Gasteiger partial charge in [0.25, 0.3) is 0 Å². The van der Waals surface area contributed by atoms with Crippen molar-refractivity contribution in [3.8, 4) is 6.07 Å². The van der Waals surface area contributed by atoms with Gasteiger partial charge < -0.3 is 5.32 Å². The monoisotopic (exact) mass is 208 g/mol. The number of halogens is 3. The summed E-state index contributed by atoms with van der Waals surface area (Å²) in [7, 11) is 0. The SMILES string of the molecule is CC(CC(F)(F)F)NCCCCC#N. The molecule has 0 bridgehead atoms. The molecule has 0 aromatic carbocycles. The number of nitrogens with zero attached hydrogens (tertiary/aromatic N) is 1. The predicted molar refractivity (Wildman–Crippen MR) is 47.6 cm³/mol. The lowest BCUT2D eigenvalue weighted by molar-refractivity contribution is -0.139. The summed E-state index contributed by atoms with van der Waals surface area (Å²) in [6.07, 6.45) is -2.95. The molecule has 0 spiro atoms. The van der Waals surface area contributed by atoms with Crippen LogP contribution in [0.2, 0.25) is 0 Å². The summed E-state index contributed by atoms with van der Waals surface area (Å²) in [5, 5.41) is 11.0. The Labute approximate surface area is 82.1 Å². The first kappa shape index (κ1) is 13.2. The van der Waals surface area contributed by atoms with E-state index >= 15 is 0 Å². The van der Waals surface area contributed by atoms with Crippen molar-refractivity contribution in [1.29, 1.82) is 5.26 Å². The second kappa shape index (κ2) is 6.66. The first-order chi connectivity index (χ1) is 6.45. The van der Waals surface area contributed by atoms with Crippen molar-refractivity contribution in [2.24, 2.45) is 0 Å². The van der Waals surface area contributed by atoms with Crippen LogP contribution in [0.3, 0.4) is 0 Å². The lowest BCUT2D eigenvalue weighted by Crippen LogP contribution is -2.31. The minimum absolute atomic E-state index is 0.468. The smallest absolute Gasteiger partial charge is 0.314 e. The van der Waals surface area contributed by atoms with Crippen LogP contribution in [0, 0.1) is 11.3 Å². The van der Waals surface area contributed by atoms with Crippen molar-refractivity contribution in [1.82, 2.24) is 5.32 Å². The van der Waals surface area contributed by atoms with Gasteiger partial charge >= 0.3 is 6.18 Å². The fourth-order valence-corrected chi connectivity index (χ4v) is 1.10. The van der Waals surface area contributed by atoms with E-state index in [1.54, 1.807) is 0 Å². The summed E-state index contributed by atoms with van der Waals surface area (Å²) >= 11 is 0. The Morgan fingerprint density at radius 1 is 1.36 bits per heavy atom. The molecule has 5 heteroatoms. The summed E-state index contributed by atoms with van der Waals surface area (Å²) in [5.74, 6) is 0. The lowest BCUT2D eigenvalue weighted by Gasteiger charge is -2.15. The van der Waals surface area contributed by atoms with E-state index in [4.69, 9.17) is 5.26 Å². The molecule has 2 nitrogen and oxygen atoms in total. The van der Waals surface area contributed by atoms with Crippen LogP contribution in [0.25, 0.3) is 0 Å². The molecule has 0 radical (unpaired) electrons. The first-order valence-corrected chi connectivity index (χ1v) is 4.63. The molecule has 0 aliphatic carbocycles. The highest BCUT2D eigenvalue weighted by atomic mass is 19.4. The van der Waals surface area contributed by atoms with Gasteiger partial charge in [0.05, 0.1) is 12.5 Å². The zero-order valence-corrected chi connectivity index (χ0v) is 8.19. The molecule has 0 aliphatic rings. The van der Waals surface area contributed by atoms with Crippen molar-refractivity contribution in [2.75, 3.05) is 6.54 Å². The molecule has 82 valence electrons. The molecule has 1 atom stereocenters. The Bertz CT molecular complexity index is 183. The third-order valence-electron chi connectivity index (χ3n) is 1.75. The maximum absolute atomic E-state index is 11.9. The normalized spacial score (nSPS) is 13.6. The molecule has 1 unspecified atom stereocenters. The molecule has 0 aliphatic heterocycles. The topological polar surface area (TPSA) is 35.8 Å². The summed E-state index contributed by atoms with van der Waals surface area (Å²) in [5.41, 5.74) is 0. The van der Waals surface area contributed by atoms with Gasteiger partial charge in [-0.3, -0.25) is 0 Å². The van der Waals surface area contributed by atoms with Crippen LogP contribution in [-0.2, 0) is 0 Å². The van der Waals surface area contributed by atoms with Crippen LogP contribution < -0.4 is 5.32 Å². The van der Waals surface area contributed by atoms with E-state index in [0.29, 0.717) is 13.0 Å². The largest absolute Gasteiger partial charge is 0.390 e. The fraction of sp³-hybridized carbons (Fsp3) is 0.889. The van der Waals surface area contributed by atoms with Crippen molar-refractivity contribution in [3.63, 3.8) is 0 Å². The van der Waals surface area contributed by atoms with E-state index in [2.05, 4.69) is 5.32 Å². The second-order valence-corrected chi connectivity index (χ2v) is 3.29. The summed E-state index contributed by atoms with van der Waals surface area (Å²) in [6.45, 7) is 2.05. The van der Waals surface area contributed by atoms with Crippen molar-refractivity contribution in [3.05, 3.63) is 0 Å². The maximum atomic E-state index is 11.9. The maximum Gasteiger partial charge on any atom is 0.390 e. The Kier molecular flexibility index (Phi) is 6.30. The van der Waals surface area contributed by atoms with Crippen LogP contribution in [0.15, 0.2) is 0 Å². The van der Waals surface area contributed by atoms with Crippen LogP contribution >= 0.6 is 0 Å². The average molecular weight is 208 g/mol. The second-order valence-electron chi connectivity index (χ2n) is 3.29. The van der Waals surface area contributed by atoms with E-state index in [0.717, 1.165) is 12.8 Å². The third-order valence-corrected chi connectivity index (χ3v) is 1.75. The third kappa shape index (κ3) is 9.33. The number of hydrogen-bond acceptors (Lipinski definition) is 2. The number of nitriles is 1. The summed E-state index contributed by atoms with van der Waals surface area (Å²) < 4.78 is 35.6. The summed E-state index contributed by atoms with van der Waals surface area (Å²) in [4.78, 5) is 0. The van der Waals surface area contributed by atoms with E-state index in [-0.39, 0.29) is 0 Å². The van der Waals surface area contributed by atoms with Crippen LogP contribution in [-0.4, -0.2) is 18.8 Å². The van der Waals surface area contributed by atoms with Gasteiger partial charge in [-0.2, -0.15) is 18.4 Å². The fourth-order valence-electron chi connectivity index (χ4n) is 1.10. The van der Waals surface area contributed by atoms with Crippen molar-refractivity contribution < 1.29 is 13.2 Å². The number of hydrogen-bond donors (Lipinski definition) is 1. The molecule has 0 saturated heterocycles. The van der Waals surface area contributed by atoms with E-state index < -0.39 is 18.6 Å². The van der Waals surface area contributed by atoms with Gasteiger partial charge in [-0.15, -0.1) is 0 Å². The highest BCUT2D eigenvalue weighted by molar-refractivity contribution is 4.69. The van der Waals surface area contributed by atoms with Crippen molar-refractivity contribution >= 4 is 0 Å². The van der Waals surface area contributed by atoms with Gasteiger partial charge in [-0.25, -0.2) is 0 Å². The van der Waals surface area contributed by atoms with Crippen LogP contribution in [0.1, 0.15) is 32.6 Å². The molecule has 1 N–H and O–H groups in total. The Hall–Kier alpha value is -0.760. The van der Waals surface area contributed by atoms with Gasteiger partial charge in [0.2, 0.25) is 0 Å². The van der Waals surface area contributed by atoms with Gasteiger partial charge in [0, 0.05) is 12.5 Å². The number of rotatable bonds is 6. The van der Waals surface area contributed by atoms with Gasteiger partial charge in [0.15, 0.2) is 0 Å². The Balaban J connectivity index is 3.37. The molecular weight excluding hydrogens is 193 g/mol. The van der Waals surface area contributed by atoms with Crippen molar-refractivity contribution in [2.45, 2.75) is 44.8 Å². The molecular formula is C9H15F3N2.